The first-order chi connectivity index (χ1) is 17.1. The number of amides is 2. The van der Waals surface area contributed by atoms with Crippen LogP contribution in [0.4, 0.5) is 23.7 Å². The number of rotatable bonds is 5. The van der Waals surface area contributed by atoms with Gasteiger partial charge < -0.3 is 10.4 Å². The minimum absolute atomic E-state index is 0.139. The number of nitrogens with one attached hydrogen (secondary N) is 2. The number of nitrogens with zero attached hydrogens (tertiary/aromatic N) is 7. The van der Waals surface area contributed by atoms with Crippen LogP contribution in [-0.4, -0.2) is 58.0 Å². The summed E-state index contributed by atoms with van der Waals surface area (Å²) in [7, 11) is 3.38. The monoisotopic (exact) mass is 521 g/mol. The van der Waals surface area contributed by atoms with Gasteiger partial charge in [0.15, 0.2) is 17.5 Å². The molecule has 4 aromatic rings. The number of aryl methyl sites for hydroxylation is 2. The third-order valence-electron chi connectivity index (χ3n) is 5.54. The number of benzene rings is 2. The number of H-pyrrole nitrogens is 1. The van der Waals surface area contributed by atoms with Gasteiger partial charge >= 0.3 is 6.03 Å². The molecule has 0 spiro atoms. The van der Waals surface area contributed by atoms with E-state index in [1.165, 1.54) is 4.80 Å². The van der Waals surface area contributed by atoms with Gasteiger partial charge in [-0.1, -0.05) is 11.6 Å². The first kappa shape index (κ1) is 23.7. The molecule has 1 unspecified atom stereocenters. The van der Waals surface area contributed by atoms with Crippen LogP contribution in [-0.2, 0) is 27.2 Å². The SMILES string of the molecule is Cn1cc2cc(NC3=NC(=O)N(Cc4nn(C)[nH]4)C(O)N3Cc3cc(F)c(F)cc3F)c(Cl)cc2n1. The standard InChI is InChI=1S/C21H19ClF3N9O2/c1-31-7-11-4-17(12(22)5-16(11)28-31)26-19-27-20(35)34(9-18-29-32(2)30-18)21(36)33(19)8-10-3-14(24)15(25)6-13(10)23/h3-7,21,36H,8-9H2,1-2H3,(H,29,30)(H,26,27,35). The number of aliphatic imine (C=N–C) groups is 1. The van der Waals surface area contributed by atoms with Gasteiger partial charge in [-0.3, -0.25) is 19.6 Å². The highest BCUT2D eigenvalue weighted by Crippen LogP contribution is 2.29. The van der Waals surface area contributed by atoms with Crippen molar-refractivity contribution in [3.8, 4) is 0 Å². The lowest BCUT2D eigenvalue weighted by atomic mass is 10.2. The van der Waals surface area contributed by atoms with E-state index in [1.54, 1.807) is 37.1 Å². The molecular weight excluding hydrogens is 503 g/mol. The molecule has 3 heterocycles. The molecule has 3 N–H and O–H groups in total. The summed E-state index contributed by atoms with van der Waals surface area (Å²) in [5.74, 6) is -3.46. The fourth-order valence-corrected chi connectivity index (χ4v) is 4.06. The molecule has 1 aliphatic heterocycles. The number of carbonyl (C=O) groups excluding carboxylic acids is 1. The molecule has 2 aromatic carbocycles. The largest absolute Gasteiger partial charge is 0.356 e. The Kier molecular flexibility index (Phi) is 5.84. The molecule has 15 heteroatoms. The Balaban J connectivity index is 1.52. The van der Waals surface area contributed by atoms with Crippen molar-refractivity contribution in [3.63, 3.8) is 0 Å². The van der Waals surface area contributed by atoms with Crippen LogP contribution in [0.2, 0.25) is 5.02 Å². The van der Waals surface area contributed by atoms with Crippen molar-refractivity contribution in [2.75, 3.05) is 5.32 Å². The highest BCUT2D eigenvalue weighted by molar-refractivity contribution is 6.34. The van der Waals surface area contributed by atoms with Crippen LogP contribution in [0.25, 0.3) is 10.9 Å². The zero-order valence-electron chi connectivity index (χ0n) is 18.9. The van der Waals surface area contributed by atoms with E-state index < -0.39 is 36.4 Å². The number of carbonyl (C=O) groups is 1. The molecule has 0 fully saturated rings. The second kappa shape index (κ2) is 8.87. The van der Waals surface area contributed by atoms with E-state index in [4.69, 9.17) is 11.6 Å². The summed E-state index contributed by atoms with van der Waals surface area (Å²) in [4.78, 5) is 20.3. The molecule has 2 amide bonds. The summed E-state index contributed by atoms with van der Waals surface area (Å²) in [5, 5.41) is 26.1. The number of fused-ring (bicyclic) bond motifs is 1. The van der Waals surface area contributed by atoms with Gasteiger partial charge in [0.05, 0.1) is 29.3 Å². The lowest BCUT2D eigenvalue weighted by molar-refractivity contribution is -0.0693. The maximum absolute atomic E-state index is 14.5. The molecule has 188 valence electrons. The number of hydrogen-bond donors (Lipinski definition) is 3. The molecule has 36 heavy (non-hydrogen) atoms. The minimum atomic E-state index is -1.67. The minimum Gasteiger partial charge on any atom is -0.356 e. The molecule has 0 saturated heterocycles. The second-order valence-electron chi connectivity index (χ2n) is 8.18. The topological polar surface area (TPSA) is 120 Å². The molecule has 0 bridgehead atoms. The molecule has 0 saturated carbocycles. The molecule has 11 nitrogen and oxygen atoms in total. The molecule has 0 radical (unpaired) electrons. The first-order valence-electron chi connectivity index (χ1n) is 10.5. The van der Waals surface area contributed by atoms with Crippen LogP contribution < -0.4 is 5.32 Å². The predicted octanol–water partition coefficient (Wildman–Crippen LogP) is 2.89. The summed E-state index contributed by atoms with van der Waals surface area (Å²) in [5.41, 5.74) is 0.677. The van der Waals surface area contributed by atoms with Crippen LogP contribution >= 0.6 is 11.6 Å². The van der Waals surface area contributed by atoms with Crippen molar-refractivity contribution >= 4 is 40.2 Å². The van der Waals surface area contributed by atoms with E-state index >= 15 is 0 Å². The Bertz CT molecular complexity index is 1500. The maximum atomic E-state index is 14.5. The van der Waals surface area contributed by atoms with Gasteiger partial charge in [-0.2, -0.15) is 10.1 Å². The van der Waals surface area contributed by atoms with Gasteiger partial charge in [-0.25, -0.2) is 22.8 Å². The summed E-state index contributed by atoms with van der Waals surface area (Å²) in [6.07, 6.45) is 0.0836. The van der Waals surface area contributed by atoms with E-state index in [9.17, 15) is 23.1 Å². The lowest BCUT2D eigenvalue weighted by Crippen LogP contribution is -2.58. The van der Waals surface area contributed by atoms with E-state index in [0.29, 0.717) is 29.2 Å². The normalized spacial score (nSPS) is 16.2. The number of urea groups is 1. The zero-order valence-corrected chi connectivity index (χ0v) is 19.6. The highest BCUT2D eigenvalue weighted by atomic mass is 35.5. The molecule has 2 aromatic heterocycles. The van der Waals surface area contributed by atoms with E-state index in [2.05, 4.69) is 25.6 Å². The van der Waals surface area contributed by atoms with Crippen LogP contribution in [0.3, 0.4) is 0 Å². The smallest absolute Gasteiger partial charge is 0.350 e. The van der Waals surface area contributed by atoms with Gasteiger partial charge in [-0.05, 0) is 18.2 Å². The van der Waals surface area contributed by atoms with E-state index in [0.717, 1.165) is 15.2 Å². The van der Waals surface area contributed by atoms with E-state index in [1.807, 2.05) is 0 Å². The number of guanidine groups is 1. The van der Waals surface area contributed by atoms with Crippen LogP contribution in [0, 0.1) is 17.5 Å². The average molecular weight is 522 g/mol. The highest BCUT2D eigenvalue weighted by Gasteiger charge is 2.36. The van der Waals surface area contributed by atoms with E-state index in [-0.39, 0.29) is 23.1 Å². The number of anilines is 1. The number of halogens is 4. The number of hydrogen-bond acceptors (Lipinski definition) is 6. The summed E-state index contributed by atoms with van der Waals surface area (Å²) in [6.45, 7) is -0.605. The summed E-state index contributed by atoms with van der Waals surface area (Å²) in [6, 6.07) is 3.53. The quantitative estimate of drug-likeness (QED) is 0.347. The third-order valence-corrected chi connectivity index (χ3v) is 5.86. The number of aromatic amines is 1. The summed E-state index contributed by atoms with van der Waals surface area (Å²) >= 11 is 6.39. The Hall–Kier alpha value is -4.04. The molecule has 1 atom stereocenters. The van der Waals surface area contributed by atoms with Gasteiger partial charge in [0.1, 0.15) is 5.82 Å². The van der Waals surface area contributed by atoms with Crippen molar-refractivity contribution in [1.82, 2.24) is 34.6 Å². The maximum Gasteiger partial charge on any atom is 0.350 e. The zero-order chi connectivity index (χ0) is 25.7. The molecule has 0 aliphatic carbocycles. The Morgan fingerprint density at radius 3 is 2.50 bits per heavy atom. The fourth-order valence-electron chi connectivity index (χ4n) is 3.85. The van der Waals surface area contributed by atoms with Crippen molar-refractivity contribution in [2.45, 2.75) is 19.4 Å². The van der Waals surface area contributed by atoms with Crippen molar-refractivity contribution < 1.29 is 23.1 Å². The Labute approximate surface area is 206 Å². The molecular formula is C21H19ClF3N9O2. The third kappa shape index (κ3) is 4.35. The molecule has 1 aliphatic rings. The Morgan fingerprint density at radius 1 is 1.06 bits per heavy atom. The van der Waals surface area contributed by atoms with Gasteiger partial charge in [0.25, 0.3) is 0 Å². The van der Waals surface area contributed by atoms with Gasteiger partial charge in [0.2, 0.25) is 12.3 Å². The van der Waals surface area contributed by atoms with Crippen LogP contribution in [0.15, 0.2) is 35.5 Å². The van der Waals surface area contributed by atoms with Gasteiger partial charge in [0, 0.05) is 37.3 Å². The number of aliphatic hydroxyl groups excluding tert-OH is 1. The predicted molar refractivity (Wildman–Crippen MR) is 123 cm³/mol. The van der Waals surface area contributed by atoms with Crippen molar-refractivity contribution in [2.24, 2.45) is 19.1 Å². The fraction of sp³-hybridized carbons (Fsp3) is 0.238. The second-order valence-corrected chi connectivity index (χ2v) is 8.59. The summed E-state index contributed by atoms with van der Waals surface area (Å²) < 4.78 is 43.4. The van der Waals surface area contributed by atoms with Crippen LogP contribution in [0.1, 0.15) is 11.4 Å². The van der Waals surface area contributed by atoms with Crippen LogP contribution in [0.5, 0.6) is 0 Å². The average Bonchev–Trinajstić information content (AvgIpc) is 3.14. The first-order valence-corrected chi connectivity index (χ1v) is 10.9. The number of aliphatic hydroxyl groups is 1. The van der Waals surface area contributed by atoms with Crippen molar-refractivity contribution in [1.29, 1.82) is 0 Å². The number of aromatic nitrogens is 5. The lowest BCUT2D eigenvalue weighted by Gasteiger charge is -2.40. The van der Waals surface area contributed by atoms with Crippen molar-refractivity contribution in [3.05, 3.63) is 64.3 Å². The molecule has 5 rings (SSSR count). The Morgan fingerprint density at radius 2 is 1.78 bits per heavy atom. The van der Waals surface area contributed by atoms with Gasteiger partial charge in [-0.15, -0.1) is 5.10 Å².